The van der Waals surface area contributed by atoms with Crippen LogP contribution in [0.5, 0.6) is 5.75 Å². The molecular weight excluding hydrogens is 264 g/mol. The van der Waals surface area contributed by atoms with Crippen molar-refractivity contribution in [1.82, 2.24) is 4.90 Å². The summed E-state index contributed by atoms with van der Waals surface area (Å²) in [6.07, 6.45) is 3.36. The first-order chi connectivity index (χ1) is 10.2. The lowest BCUT2D eigenvalue weighted by atomic mass is 10.2. The van der Waals surface area contributed by atoms with Crippen molar-refractivity contribution < 1.29 is 9.53 Å². The van der Waals surface area contributed by atoms with Gasteiger partial charge in [0.15, 0.2) is 0 Å². The maximum atomic E-state index is 11.7. The van der Waals surface area contributed by atoms with E-state index in [-0.39, 0.29) is 11.8 Å². The van der Waals surface area contributed by atoms with Crippen LogP contribution in [-0.2, 0) is 4.79 Å². The number of ether oxygens (including phenoxy) is 1. The van der Waals surface area contributed by atoms with Gasteiger partial charge in [-0.2, -0.15) is 0 Å². The van der Waals surface area contributed by atoms with E-state index in [2.05, 4.69) is 17.1 Å². The molecule has 21 heavy (non-hydrogen) atoms. The summed E-state index contributed by atoms with van der Waals surface area (Å²) in [5.41, 5.74) is 0.854. The molecule has 1 N–H and O–H groups in total. The van der Waals surface area contributed by atoms with Crippen LogP contribution in [0.3, 0.4) is 0 Å². The molecule has 1 amide bonds. The second-order valence-electron chi connectivity index (χ2n) is 6.33. The van der Waals surface area contributed by atoms with E-state index in [0.717, 1.165) is 43.3 Å². The van der Waals surface area contributed by atoms with Gasteiger partial charge in [0, 0.05) is 24.7 Å². The molecule has 3 rings (SSSR count). The van der Waals surface area contributed by atoms with Crippen LogP contribution >= 0.6 is 0 Å². The number of benzene rings is 1. The molecule has 4 heteroatoms. The molecular formula is C17H24N2O2. The van der Waals surface area contributed by atoms with Crippen molar-refractivity contribution >= 4 is 11.6 Å². The molecule has 0 bridgehead atoms. The molecule has 0 radical (unpaired) electrons. The zero-order chi connectivity index (χ0) is 14.7. The first kappa shape index (κ1) is 14.4. The van der Waals surface area contributed by atoms with Gasteiger partial charge in [-0.3, -0.25) is 9.69 Å². The van der Waals surface area contributed by atoms with Crippen LogP contribution in [-0.4, -0.2) is 37.0 Å². The Balaban J connectivity index is 1.40. The van der Waals surface area contributed by atoms with E-state index in [0.29, 0.717) is 0 Å². The number of amides is 1. The molecule has 1 atom stereocenters. The van der Waals surface area contributed by atoms with Crippen molar-refractivity contribution in [2.24, 2.45) is 11.8 Å². The molecule has 2 fully saturated rings. The lowest BCUT2D eigenvalue weighted by Gasteiger charge is -2.15. The third-order valence-electron chi connectivity index (χ3n) is 4.25. The van der Waals surface area contributed by atoms with Gasteiger partial charge in [-0.05, 0) is 56.0 Å². The summed E-state index contributed by atoms with van der Waals surface area (Å²) < 4.78 is 5.77. The van der Waals surface area contributed by atoms with E-state index in [9.17, 15) is 4.79 Å². The minimum atomic E-state index is 0.145. The van der Waals surface area contributed by atoms with Crippen molar-refractivity contribution in [3.63, 3.8) is 0 Å². The molecule has 1 aliphatic carbocycles. The number of likely N-dealkylation sites (tertiary alicyclic amines) is 1. The first-order valence-corrected chi connectivity index (χ1v) is 7.97. The van der Waals surface area contributed by atoms with Crippen LogP contribution in [0.15, 0.2) is 24.3 Å². The summed E-state index contributed by atoms with van der Waals surface area (Å²) in [6, 6.07) is 7.67. The lowest BCUT2D eigenvalue weighted by molar-refractivity contribution is -0.117. The van der Waals surface area contributed by atoms with E-state index in [1.807, 2.05) is 24.3 Å². The summed E-state index contributed by atoms with van der Waals surface area (Å²) >= 11 is 0. The van der Waals surface area contributed by atoms with E-state index in [1.165, 1.54) is 19.5 Å². The number of carbonyl (C=O) groups is 1. The van der Waals surface area contributed by atoms with Crippen LogP contribution in [0.25, 0.3) is 0 Å². The highest BCUT2D eigenvalue weighted by Gasteiger charge is 2.29. The van der Waals surface area contributed by atoms with Crippen LogP contribution < -0.4 is 10.1 Å². The maximum absolute atomic E-state index is 11.7. The number of nitrogens with zero attached hydrogens (tertiary/aromatic N) is 1. The van der Waals surface area contributed by atoms with Gasteiger partial charge in [-0.25, -0.2) is 0 Å². The van der Waals surface area contributed by atoms with Gasteiger partial charge in [-0.1, -0.05) is 6.92 Å². The van der Waals surface area contributed by atoms with Gasteiger partial charge in [0.2, 0.25) is 5.91 Å². The van der Waals surface area contributed by atoms with Crippen molar-refractivity contribution in [1.29, 1.82) is 0 Å². The molecule has 1 saturated heterocycles. The summed E-state index contributed by atoms with van der Waals surface area (Å²) in [5, 5.41) is 2.93. The molecule has 4 nitrogen and oxygen atoms in total. The summed E-state index contributed by atoms with van der Waals surface area (Å²) in [6.45, 7) is 6.40. The topological polar surface area (TPSA) is 41.6 Å². The molecule has 1 aliphatic heterocycles. The van der Waals surface area contributed by atoms with Crippen LogP contribution in [0.2, 0.25) is 0 Å². The van der Waals surface area contributed by atoms with Crippen LogP contribution in [0.4, 0.5) is 5.69 Å². The quantitative estimate of drug-likeness (QED) is 0.875. The fourth-order valence-corrected chi connectivity index (χ4v) is 2.75. The minimum absolute atomic E-state index is 0.145. The number of hydrogen-bond acceptors (Lipinski definition) is 3. The number of rotatable bonds is 6. The van der Waals surface area contributed by atoms with E-state index >= 15 is 0 Å². The van der Waals surface area contributed by atoms with Crippen molar-refractivity contribution in [3.8, 4) is 5.75 Å². The Kier molecular flexibility index (Phi) is 4.44. The van der Waals surface area contributed by atoms with Gasteiger partial charge in [-0.15, -0.1) is 0 Å². The van der Waals surface area contributed by atoms with Gasteiger partial charge >= 0.3 is 0 Å². The predicted octanol–water partition coefficient (Wildman–Crippen LogP) is 2.76. The van der Waals surface area contributed by atoms with Crippen molar-refractivity contribution in [3.05, 3.63) is 24.3 Å². The molecule has 1 aromatic rings. The Hall–Kier alpha value is -1.55. The third kappa shape index (κ3) is 4.21. The highest BCUT2D eigenvalue weighted by atomic mass is 16.5. The van der Waals surface area contributed by atoms with Gasteiger partial charge < -0.3 is 10.1 Å². The Labute approximate surface area is 126 Å². The van der Waals surface area contributed by atoms with Gasteiger partial charge in [0.1, 0.15) is 12.4 Å². The standard InChI is InChI=1S/C17H24N2O2/c1-13-8-9-19(12-13)10-11-21-16-6-4-15(5-7-16)18-17(20)14-2-3-14/h4-7,13-14H,2-3,8-12H2,1H3,(H,18,20). The fraction of sp³-hybridized carbons (Fsp3) is 0.588. The SMILES string of the molecule is CC1CCN(CCOc2ccc(NC(=O)C3CC3)cc2)C1. The van der Waals surface area contributed by atoms with Crippen LogP contribution in [0, 0.1) is 11.8 Å². The monoisotopic (exact) mass is 288 g/mol. The van der Waals surface area contributed by atoms with Gasteiger partial charge in [0.05, 0.1) is 0 Å². The van der Waals surface area contributed by atoms with E-state index < -0.39 is 0 Å². The molecule has 2 aliphatic rings. The number of nitrogens with one attached hydrogen (secondary N) is 1. The summed E-state index contributed by atoms with van der Waals surface area (Å²) in [4.78, 5) is 14.1. The molecule has 0 aromatic heterocycles. The largest absolute Gasteiger partial charge is 0.492 e. The average Bonchev–Trinajstić information content (AvgIpc) is 3.25. The Morgan fingerprint density at radius 1 is 1.29 bits per heavy atom. The fourth-order valence-electron chi connectivity index (χ4n) is 2.75. The maximum Gasteiger partial charge on any atom is 0.227 e. The number of carbonyl (C=O) groups excluding carboxylic acids is 1. The average molecular weight is 288 g/mol. The highest BCUT2D eigenvalue weighted by Crippen LogP contribution is 2.30. The Morgan fingerprint density at radius 2 is 2.05 bits per heavy atom. The second kappa shape index (κ2) is 6.48. The zero-order valence-electron chi connectivity index (χ0n) is 12.7. The van der Waals surface area contributed by atoms with E-state index in [4.69, 9.17) is 4.74 Å². The molecule has 1 aromatic carbocycles. The lowest BCUT2D eigenvalue weighted by Crippen LogP contribution is -2.25. The Bertz CT molecular complexity index is 482. The smallest absolute Gasteiger partial charge is 0.227 e. The van der Waals surface area contributed by atoms with Crippen molar-refractivity contribution in [2.45, 2.75) is 26.2 Å². The second-order valence-corrected chi connectivity index (χ2v) is 6.33. The third-order valence-corrected chi connectivity index (χ3v) is 4.25. The molecule has 0 spiro atoms. The zero-order valence-corrected chi connectivity index (χ0v) is 12.7. The van der Waals surface area contributed by atoms with Crippen LogP contribution in [0.1, 0.15) is 26.2 Å². The number of hydrogen-bond donors (Lipinski definition) is 1. The molecule has 114 valence electrons. The van der Waals surface area contributed by atoms with Gasteiger partial charge in [0.25, 0.3) is 0 Å². The first-order valence-electron chi connectivity index (χ1n) is 7.97. The predicted molar refractivity (Wildman–Crippen MR) is 83.5 cm³/mol. The number of anilines is 1. The highest BCUT2D eigenvalue weighted by molar-refractivity contribution is 5.94. The molecule has 1 saturated carbocycles. The van der Waals surface area contributed by atoms with E-state index in [1.54, 1.807) is 0 Å². The molecule has 1 unspecified atom stereocenters. The summed E-state index contributed by atoms with van der Waals surface area (Å²) in [5.74, 6) is 2.07. The summed E-state index contributed by atoms with van der Waals surface area (Å²) in [7, 11) is 0. The van der Waals surface area contributed by atoms with Crippen molar-refractivity contribution in [2.75, 3.05) is 31.6 Å². The normalized spacial score (nSPS) is 22.2. The molecule has 1 heterocycles. The minimum Gasteiger partial charge on any atom is -0.492 e. The Morgan fingerprint density at radius 3 is 2.67 bits per heavy atom.